The molecule has 1 aliphatic rings. The van der Waals surface area contributed by atoms with E-state index in [4.69, 9.17) is 0 Å². The first-order valence-corrected chi connectivity index (χ1v) is 8.41. The van der Waals surface area contributed by atoms with Crippen molar-refractivity contribution >= 4 is 27.7 Å². The van der Waals surface area contributed by atoms with Crippen LogP contribution in [-0.4, -0.2) is 15.7 Å². The zero-order valence-corrected chi connectivity index (χ0v) is 14.4. The molecule has 1 aliphatic heterocycles. The van der Waals surface area contributed by atoms with Gasteiger partial charge in [-0.1, -0.05) is 15.9 Å². The largest absolute Gasteiger partial charge is 0.310 e. The Morgan fingerprint density at radius 1 is 1.12 bits per heavy atom. The third kappa shape index (κ3) is 2.84. The van der Waals surface area contributed by atoms with Gasteiger partial charge >= 0.3 is 0 Å². The van der Waals surface area contributed by atoms with Crippen LogP contribution in [0.2, 0.25) is 0 Å². The van der Waals surface area contributed by atoms with Crippen LogP contribution < -0.4 is 5.32 Å². The number of benzene rings is 2. The Bertz CT molecular complexity index is 969. The highest BCUT2D eigenvalue weighted by Crippen LogP contribution is 2.39. The van der Waals surface area contributed by atoms with Gasteiger partial charge in [-0.2, -0.15) is 5.10 Å². The average molecular weight is 404 g/mol. The maximum atomic E-state index is 14.3. The van der Waals surface area contributed by atoms with Gasteiger partial charge in [-0.05, 0) is 48.0 Å². The highest BCUT2D eigenvalue weighted by atomic mass is 79.9. The van der Waals surface area contributed by atoms with E-state index in [1.807, 2.05) is 0 Å². The van der Waals surface area contributed by atoms with Crippen LogP contribution in [0.25, 0.3) is 5.69 Å². The van der Waals surface area contributed by atoms with Crippen molar-refractivity contribution in [1.29, 1.82) is 0 Å². The molecule has 25 heavy (non-hydrogen) atoms. The molecule has 0 bridgehead atoms. The fourth-order valence-electron chi connectivity index (χ4n) is 3.06. The number of nitrogens with one attached hydrogen (secondary N) is 1. The summed E-state index contributed by atoms with van der Waals surface area (Å²) >= 11 is 3.34. The first kappa shape index (κ1) is 16.0. The fourth-order valence-corrected chi connectivity index (χ4v) is 3.44. The predicted octanol–water partition coefficient (Wildman–Crippen LogP) is 4.39. The summed E-state index contributed by atoms with van der Waals surface area (Å²) < 4.78 is 29.7. The van der Waals surface area contributed by atoms with E-state index in [1.165, 1.54) is 22.9 Å². The van der Waals surface area contributed by atoms with Gasteiger partial charge < -0.3 is 5.32 Å². The molecule has 0 saturated heterocycles. The standard InChI is InChI=1S/C18H12BrF2N3O/c19-10-1-6-16(21)14(7-10)13-8-17(25)23-18-15(13)9-22-24(18)12-4-2-11(20)3-5-12/h1-7,9,13H,8H2,(H,23,25). The van der Waals surface area contributed by atoms with E-state index in [0.29, 0.717) is 17.1 Å². The molecule has 0 saturated carbocycles. The third-order valence-electron chi connectivity index (χ3n) is 4.22. The van der Waals surface area contributed by atoms with Gasteiger partial charge in [0.05, 0.1) is 11.9 Å². The van der Waals surface area contributed by atoms with Crippen LogP contribution in [0.3, 0.4) is 0 Å². The second-order valence-corrected chi connectivity index (χ2v) is 6.72. The van der Waals surface area contributed by atoms with Crippen molar-refractivity contribution < 1.29 is 13.6 Å². The van der Waals surface area contributed by atoms with Gasteiger partial charge in [0.15, 0.2) is 0 Å². The smallest absolute Gasteiger partial charge is 0.226 e. The number of rotatable bonds is 2. The van der Waals surface area contributed by atoms with Crippen molar-refractivity contribution in [1.82, 2.24) is 9.78 Å². The number of anilines is 1. The maximum Gasteiger partial charge on any atom is 0.226 e. The lowest BCUT2D eigenvalue weighted by molar-refractivity contribution is -0.116. The fraction of sp³-hybridized carbons (Fsp3) is 0.111. The second-order valence-electron chi connectivity index (χ2n) is 5.81. The number of halogens is 3. The number of nitrogens with zero attached hydrogens (tertiary/aromatic N) is 2. The topological polar surface area (TPSA) is 46.9 Å². The summed E-state index contributed by atoms with van der Waals surface area (Å²) in [4.78, 5) is 12.2. The molecule has 0 fully saturated rings. The first-order chi connectivity index (χ1) is 12.0. The summed E-state index contributed by atoms with van der Waals surface area (Å²) in [5, 5.41) is 7.09. The number of amides is 1. The lowest BCUT2D eigenvalue weighted by Gasteiger charge is -2.24. The van der Waals surface area contributed by atoms with Gasteiger partial charge in [0, 0.05) is 22.4 Å². The summed E-state index contributed by atoms with van der Waals surface area (Å²) in [6.07, 6.45) is 1.75. The van der Waals surface area contributed by atoms with E-state index in [-0.39, 0.29) is 24.0 Å². The molecule has 0 spiro atoms. The molecule has 1 atom stereocenters. The minimum Gasteiger partial charge on any atom is -0.310 e. The number of hydrogen-bond acceptors (Lipinski definition) is 2. The normalized spacial score (nSPS) is 16.4. The van der Waals surface area contributed by atoms with Crippen molar-refractivity contribution in [2.45, 2.75) is 12.3 Å². The molecule has 4 rings (SSSR count). The molecule has 4 nitrogen and oxygen atoms in total. The summed E-state index contributed by atoms with van der Waals surface area (Å²) in [6.45, 7) is 0. The van der Waals surface area contributed by atoms with Gasteiger partial charge in [-0.15, -0.1) is 0 Å². The zero-order valence-electron chi connectivity index (χ0n) is 12.8. The third-order valence-corrected chi connectivity index (χ3v) is 4.72. The minimum absolute atomic E-state index is 0.134. The van der Waals surface area contributed by atoms with Crippen molar-refractivity contribution in [3.8, 4) is 5.69 Å². The van der Waals surface area contributed by atoms with Crippen LogP contribution in [-0.2, 0) is 4.79 Å². The van der Waals surface area contributed by atoms with Crippen molar-refractivity contribution in [3.63, 3.8) is 0 Å². The maximum absolute atomic E-state index is 14.3. The molecular formula is C18H12BrF2N3O. The summed E-state index contributed by atoms with van der Waals surface area (Å²) in [5.41, 5.74) is 1.77. The molecule has 1 aromatic heterocycles. The Morgan fingerprint density at radius 2 is 1.88 bits per heavy atom. The Hall–Kier alpha value is -2.54. The van der Waals surface area contributed by atoms with Gasteiger partial charge in [-0.3, -0.25) is 4.79 Å². The van der Waals surface area contributed by atoms with E-state index >= 15 is 0 Å². The van der Waals surface area contributed by atoms with Crippen molar-refractivity contribution in [2.24, 2.45) is 0 Å². The summed E-state index contributed by atoms with van der Waals surface area (Å²) in [6, 6.07) is 10.4. The number of aromatic nitrogens is 2. The molecule has 1 N–H and O–H groups in total. The van der Waals surface area contributed by atoms with Crippen LogP contribution in [0.5, 0.6) is 0 Å². The minimum atomic E-state index is -0.435. The monoisotopic (exact) mass is 403 g/mol. The van der Waals surface area contributed by atoms with Crippen LogP contribution >= 0.6 is 15.9 Å². The highest BCUT2D eigenvalue weighted by Gasteiger charge is 2.32. The SMILES string of the molecule is O=C1CC(c2cc(Br)ccc2F)c2cnn(-c3ccc(F)cc3)c2N1. The van der Waals surface area contributed by atoms with E-state index in [0.717, 1.165) is 10.0 Å². The lowest BCUT2D eigenvalue weighted by atomic mass is 9.87. The van der Waals surface area contributed by atoms with E-state index in [2.05, 4.69) is 26.3 Å². The Morgan fingerprint density at radius 3 is 2.64 bits per heavy atom. The molecule has 126 valence electrons. The van der Waals surface area contributed by atoms with Gasteiger partial charge in [-0.25, -0.2) is 13.5 Å². The number of carbonyl (C=O) groups is 1. The van der Waals surface area contributed by atoms with Gasteiger partial charge in [0.2, 0.25) is 5.91 Å². The van der Waals surface area contributed by atoms with E-state index in [9.17, 15) is 13.6 Å². The molecule has 1 unspecified atom stereocenters. The number of carbonyl (C=O) groups excluding carboxylic acids is 1. The molecule has 3 aromatic rings. The first-order valence-electron chi connectivity index (χ1n) is 7.61. The molecule has 7 heteroatoms. The van der Waals surface area contributed by atoms with E-state index in [1.54, 1.807) is 30.5 Å². The van der Waals surface area contributed by atoms with Crippen LogP contribution in [0.1, 0.15) is 23.5 Å². The van der Waals surface area contributed by atoms with Crippen LogP contribution in [0, 0.1) is 11.6 Å². The Balaban J connectivity index is 1.84. The highest BCUT2D eigenvalue weighted by molar-refractivity contribution is 9.10. The average Bonchev–Trinajstić information content (AvgIpc) is 3.01. The molecule has 0 radical (unpaired) electrons. The zero-order chi connectivity index (χ0) is 17.6. The van der Waals surface area contributed by atoms with Crippen molar-refractivity contribution in [3.05, 3.63) is 75.9 Å². The molecular weight excluding hydrogens is 392 g/mol. The summed E-state index contributed by atoms with van der Waals surface area (Å²) in [5.74, 6) is -0.908. The number of hydrogen-bond donors (Lipinski definition) is 1. The van der Waals surface area contributed by atoms with Gasteiger partial charge in [0.1, 0.15) is 17.5 Å². The predicted molar refractivity (Wildman–Crippen MR) is 92.7 cm³/mol. The second kappa shape index (κ2) is 6.07. The molecule has 0 aliphatic carbocycles. The van der Waals surface area contributed by atoms with Crippen LogP contribution in [0.15, 0.2) is 53.1 Å². The number of fused-ring (bicyclic) bond motifs is 1. The summed E-state index contributed by atoms with van der Waals surface area (Å²) in [7, 11) is 0. The van der Waals surface area contributed by atoms with Crippen LogP contribution in [0.4, 0.5) is 14.6 Å². The Kier molecular flexibility index (Phi) is 3.88. The van der Waals surface area contributed by atoms with Gasteiger partial charge in [0.25, 0.3) is 0 Å². The molecule has 1 amide bonds. The molecule has 2 heterocycles. The molecule has 2 aromatic carbocycles. The lowest BCUT2D eigenvalue weighted by Crippen LogP contribution is -2.25. The Labute approximate surface area is 150 Å². The van der Waals surface area contributed by atoms with E-state index < -0.39 is 5.92 Å². The van der Waals surface area contributed by atoms with Crippen molar-refractivity contribution in [2.75, 3.05) is 5.32 Å². The quantitative estimate of drug-likeness (QED) is 0.689.